The van der Waals surface area contributed by atoms with E-state index in [-0.39, 0.29) is 22.8 Å². The Hall–Kier alpha value is -2.68. The lowest BCUT2D eigenvalue weighted by molar-refractivity contribution is -0.117. The number of hydrogen-bond acceptors (Lipinski definition) is 6. The fourth-order valence-electron chi connectivity index (χ4n) is 1.74. The summed E-state index contributed by atoms with van der Waals surface area (Å²) in [5.41, 5.74) is 2.03. The zero-order valence-corrected chi connectivity index (χ0v) is 11.4. The van der Waals surface area contributed by atoms with Gasteiger partial charge in [-0.05, 0) is 12.1 Å². The van der Waals surface area contributed by atoms with Crippen LogP contribution in [0.4, 0.5) is 4.79 Å². The summed E-state index contributed by atoms with van der Waals surface area (Å²) in [7, 11) is 0. The Balaban J connectivity index is 2.26. The smallest absolute Gasteiger partial charge is 0.336 e. The Morgan fingerprint density at radius 1 is 1.48 bits per heavy atom. The summed E-state index contributed by atoms with van der Waals surface area (Å²) in [5, 5.41) is 25.5. The monoisotopic (exact) mass is 313 g/mol. The van der Waals surface area contributed by atoms with Crippen LogP contribution in [0.1, 0.15) is 5.56 Å². The van der Waals surface area contributed by atoms with Crippen molar-refractivity contribution in [2.45, 2.75) is 0 Å². The highest BCUT2D eigenvalue weighted by molar-refractivity contribution is 6.49. The third-order valence-corrected chi connectivity index (χ3v) is 3.17. The van der Waals surface area contributed by atoms with Crippen molar-refractivity contribution >= 4 is 29.3 Å². The quantitative estimate of drug-likeness (QED) is 0.221. The number of urea groups is 1. The van der Waals surface area contributed by atoms with E-state index in [1.807, 2.05) is 0 Å². The SMILES string of the molecule is N/N=C(\C(=O)NN1CCNC1=O)c1ccc(O)c(O)c1Cl. The lowest BCUT2D eigenvalue weighted by atomic mass is 10.1. The maximum absolute atomic E-state index is 12.1. The second kappa shape index (κ2) is 5.75. The molecule has 112 valence electrons. The Morgan fingerprint density at radius 2 is 2.19 bits per heavy atom. The first kappa shape index (κ1) is 14.7. The first-order chi connectivity index (χ1) is 9.95. The summed E-state index contributed by atoms with van der Waals surface area (Å²) >= 11 is 5.84. The van der Waals surface area contributed by atoms with E-state index < -0.39 is 23.4 Å². The molecule has 1 fully saturated rings. The van der Waals surface area contributed by atoms with E-state index in [0.717, 1.165) is 11.1 Å². The third kappa shape index (κ3) is 2.77. The second-order valence-corrected chi connectivity index (χ2v) is 4.48. The van der Waals surface area contributed by atoms with Crippen molar-refractivity contribution in [3.63, 3.8) is 0 Å². The number of halogens is 1. The molecule has 10 heteroatoms. The van der Waals surface area contributed by atoms with Crippen LogP contribution in [0.25, 0.3) is 0 Å². The number of nitrogens with zero attached hydrogens (tertiary/aromatic N) is 2. The Morgan fingerprint density at radius 3 is 2.76 bits per heavy atom. The zero-order valence-electron chi connectivity index (χ0n) is 10.6. The molecule has 0 radical (unpaired) electrons. The summed E-state index contributed by atoms with van der Waals surface area (Å²) < 4.78 is 0. The Labute approximate surface area is 124 Å². The van der Waals surface area contributed by atoms with Crippen LogP contribution in [0.3, 0.4) is 0 Å². The average molecular weight is 314 g/mol. The first-order valence-corrected chi connectivity index (χ1v) is 6.18. The van der Waals surface area contributed by atoms with Crippen molar-refractivity contribution in [3.8, 4) is 11.5 Å². The number of hydrogen-bond donors (Lipinski definition) is 5. The number of benzene rings is 1. The second-order valence-electron chi connectivity index (χ2n) is 4.10. The molecular weight excluding hydrogens is 302 g/mol. The van der Waals surface area contributed by atoms with E-state index in [0.29, 0.717) is 6.54 Å². The van der Waals surface area contributed by atoms with E-state index in [2.05, 4.69) is 15.8 Å². The van der Waals surface area contributed by atoms with Crippen molar-refractivity contribution < 1.29 is 19.8 Å². The summed E-state index contributed by atoms with van der Waals surface area (Å²) in [5.74, 6) is 3.36. The normalized spacial score (nSPS) is 15.0. The molecule has 0 atom stereocenters. The van der Waals surface area contributed by atoms with Gasteiger partial charge in [0.15, 0.2) is 17.2 Å². The summed E-state index contributed by atoms with van der Waals surface area (Å²) in [6.07, 6.45) is 0. The molecule has 1 heterocycles. The van der Waals surface area contributed by atoms with Crippen molar-refractivity contribution in [1.29, 1.82) is 0 Å². The van der Waals surface area contributed by atoms with Crippen LogP contribution in [0, 0.1) is 0 Å². The van der Waals surface area contributed by atoms with Crippen molar-refractivity contribution in [1.82, 2.24) is 15.8 Å². The first-order valence-electron chi connectivity index (χ1n) is 5.80. The fraction of sp³-hybridized carbons (Fsp3) is 0.182. The molecule has 0 spiro atoms. The molecule has 6 N–H and O–H groups in total. The molecule has 0 saturated carbocycles. The van der Waals surface area contributed by atoms with Crippen LogP contribution in [0.15, 0.2) is 17.2 Å². The van der Waals surface area contributed by atoms with Gasteiger partial charge in [-0.15, -0.1) is 0 Å². The summed E-state index contributed by atoms with van der Waals surface area (Å²) in [6, 6.07) is 1.95. The molecule has 0 bridgehead atoms. The molecule has 3 amide bonds. The van der Waals surface area contributed by atoms with Gasteiger partial charge in [-0.1, -0.05) is 11.6 Å². The van der Waals surface area contributed by atoms with Gasteiger partial charge in [-0.2, -0.15) is 5.10 Å². The molecule has 1 aliphatic rings. The van der Waals surface area contributed by atoms with Crippen molar-refractivity contribution in [3.05, 3.63) is 22.7 Å². The van der Waals surface area contributed by atoms with E-state index in [1.54, 1.807) is 0 Å². The number of hydrazine groups is 1. The van der Waals surface area contributed by atoms with Gasteiger partial charge in [-0.25, -0.2) is 9.80 Å². The Kier molecular flexibility index (Phi) is 4.03. The number of nitrogens with one attached hydrogen (secondary N) is 2. The highest BCUT2D eigenvalue weighted by Crippen LogP contribution is 2.35. The number of hydrazone groups is 1. The van der Waals surface area contributed by atoms with Gasteiger partial charge in [-0.3, -0.25) is 10.2 Å². The van der Waals surface area contributed by atoms with Gasteiger partial charge in [0.25, 0.3) is 5.91 Å². The molecule has 1 saturated heterocycles. The minimum atomic E-state index is -0.776. The largest absolute Gasteiger partial charge is 0.504 e. The van der Waals surface area contributed by atoms with E-state index in [4.69, 9.17) is 17.4 Å². The number of aromatic hydroxyl groups is 2. The number of carbonyl (C=O) groups excluding carboxylic acids is 2. The van der Waals surface area contributed by atoms with Gasteiger partial charge in [0, 0.05) is 12.1 Å². The number of amides is 3. The lowest BCUT2D eigenvalue weighted by Gasteiger charge is -2.16. The van der Waals surface area contributed by atoms with Gasteiger partial charge in [0.05, 0.1) is 11.6 Å². The van der Waals surface area contributed by atoms with Gasteiger partial charge in [0.2, 0.25) is 0 Å². The maximum Gasteiger partial charge on any atom is 0.336 e. The predicted octanol–water partition coefficient (Wildman–Crippen LogP) is -0.530. The van der Waals surface area contributed by atoms with E-state index in [9.17, 15) is 19.8 Å². The van der Waals surface area contributed by atoms with Gasteiger partial charge in [0.1, 0.15) is 0 Å². The third-order valence-electron chi connectivity index (χ3n) is 2.79. The van der Waals surface area contributed by atoms with Gasteiger partial charge >= 0.3 is 6.03 Å². The molecule has 21 heavy (non-hydrogen) atoms. The zero-order chi connectivity index (χ0) is 15.6. The average Bonchev–Trinajstić information content (AvgIpc) is 2.85. The Bertz CT molecular complexity index is 633. The van der Waals surface area contributed by atoms with Crippen molar-refractivity contribution in [2.24, 2.45) is 10.9 Å². The van der Waals surface area contributed by atoms with Crippen LogP contribution < -0.4 is 16.6 Å². The number of carbonyl (C=O) groups is 2. The topological polar surface area (TPSA) is 140 Å². The summed E-state index contributed by atoms with van der Waals surface area (Å²) in [4.78, 5) is 23.4. The van der Waals surface area contributed by atoms with Gasteiger partial charge < -0.3 is 21.4 Å². The minimum absolute atomic E-state index is 0.0200. The van der Waals surface area contributed by atoms with Crippen LogP contribution in [0.5, 0.6) is 11.5 Å². The molecule has 1 aliphatic heterocycles. The molecule has 0 unspecified atom stereocenters. The van der Waals surface area contributed by atoms with Crippen LogP contribution >= 0.6 is 11.6 Å². The van der Waals surface area contributed by atoms with E-state index in [1.165, 1.54) is 6.07 Å². The maximum atomic E-state index is 12.1. The lowest BCUT2D eigenvalue weighted by Crippen LogP contribution is -2.47. The standard InChI is InChI=1S/C11H12ClN5O4/c12-7-5(1-2-6(18)9(7)19)8(15-13)10(20)16-17-4-3-14-11(17)21/h1-2,18-19H,3-4,13H2,(H,14,21)(H,16,20)/b15-8-. The molecule has 1 aromatic carbocycles. The van der Waals surface area contributed by atoms with E-state index >= 15 is 0 Å². The number of rotatable bonds is 3. The van der Waals surface area contributed by atoms with Crippen LogP contribution in [-0.4, -0.2) is 46.0 Å². The van der Waals surface area contributed by atoms with Crippen molar-refractivity contribution in [2.75, 3.05) is 13.1 Å². The van der Waals surface area contributed by atoms with Crippen LogP contribution in [-0.2, 0) is 4.79 Å². The predicted molar refractivity (Wildman–Crippen MR) is 73.8 cm³/mol. The highest BCUT2D eigenvalue weighted by atomic mass is 35.5. The number of phenolic OH excluding ortho intramolecular Hbond substituents is 2. The molecule has 1 aromatic rings. The molecule has 9 nitrogen and oxygen atoms in total. The molecule has 0 aliphatic carbocycles. The highest BCUT2D eigenvalue weighted by Gasteiger charge is 2.26. The number of nitrogens with two attached hydrogens (primary N) is 1. The number of phenols is 2. The molecular formula is C11H12ClN5O4. The summed E-state index contributed by atoms with van der Waals surface area (Å²) in [6.45, 7) is 0.686. The minimum Gasteiger partial charge on any atom is -0.504 e. The fourth-order valence-corrected chi connectivity index (χ4v) is 1.99. The molecule has 0 aromatic heterocycles. The molecule has 2 rings (SSSR count). The van der Waals surface area contributed by atoms with Crippen LogP contribution in [0.2, 0.25) is 5.02 Å².